The van der Waals surface area contributed by atoms with E-state index in [9.17, 15) is 15.2 Å². The summed E-state index contributed by atoms with van der Waals surface area (Å²) in [5, 5.41) is 20.5. The third-order valence-corrected chi connectivity index (χ3v) is 3.31. The van der Waals surface area contributed by atoms with Crippen LogP contribution in [0.25, 0.3) is 10.6 Å². The minimum Gasteiger partial charge on any atom is -0.389 e. The first kappa shape index (κ1) is 11.7. The molecule has 2 rings (SSSR count). The van der Waals surface area contributed by atoms with Gasteiger partial charge in [-0.05, 0) is 23.8 Å². The van der Waals surface area contributed by atoms with Crippen LogP contribution in [0.4, 0.5) is 5.00 Å². The topological polar surface area (TPSA) is 76.3 Å². The molecule has 5 nitrogen and oxygen atoms in total. The van der Waals surface area contributed by atoms with Gasteiger partial charge in [0.25, 0.3) is 0 Å². The molecule has 88 valence electrons. The summed E-state index contributed by atoms with van der Waals surface area (Å²) in [5.74, 6) is 0. The Balaban J connectivity index is 2.30. The fourth-order valence-corrected chi connectivity index (χ4v) is 2.13. The van der Waals surface area contributed by atoms with Gasteiger partial charge in [-0.3, -0.25) is 10.1 Å². The Bertz CT molecular complexity index is 534. The quantitative estimate of drug-likeness (QED) is 0.671. The van der Waals surface area contributed by atoms with Crippen molar-refractivity contribution in [2.45, 2.75) is 13.0 Å². The van der Waals surface area contributed by atoms with Crippen LogP contribution in [0.3, 0.4) is 0 Å². The van der Waals surface area contributed by atoms with Crippen molar-refractivity contribution in [3.8, 4) is 10.6 Å². The van der Waals surface area contributed by atoms with Crippen LogP contribution in [0.2, 0.25) is 0 Å². The van der Waals surface area contributed by atoms with Crippen LogP contribution >= 0.6 is 11.3 Å². The maximum absolute atomic E-state index is 10.5. The van der Waals surface area contributed by atoms with E-state index in [1.807, 2.05) is 0 Å². The molecule has 0 bridgehead atoms. The van der Waals surface area contributed by atoms with Crippen LogP contribution in [-0.2, 0) is 0 Å². The normalized spacial score (nSPS) is 12.4. The largest absolute Gasteiger partial charge is 0.389 e. The lowest BCUT2D eigenvalue weighted by molar-refractivity contribution is -0.380. The van der Waals surface area contributed by atoms with Crippen LogP contribution in [0, 0.1) is 10.1 Å². The minimum absolute atomic E-state index is 0.0274. The molecule has 0 saturated heterocycles. The lowest BCUT2D eigenvalue weighted by Crippen LogP contribution is -1.89. The van der Waals surface area contributed by atoms with Crippen molar-refractivity contribution in [3.05, 3.63) is 46.1 Å². The number of thiazole rings is 1. The average Bonchev–Trinajstić information content (AvgIpc) is 2.78. The number of hydrogen-bond acceptors (Lipinski definition) is 5. The van der Waals surface area contributed by atoms with Crippen LogP contribution in [-0.4, -0.2) is 15.0 Å². The van der Waals surface area contributed by atoms with Gasteiger partial charge in [0.1, 0.15) is 11.2 Å². The van der Waals surface area contributed by atoms with Gasteiger partial charge in [-0.1, -0.05) is 24.3 Å². The summed E-state index contributed by atoms with van der Waals surface area (Å²) in [5.41, 5.74) is 1.62. The molecular formula is C11H10N2O3S. The number of hydrogen-bond donors (Lipinski definition) is 1. The summed E-state index contributed by atoms with van der Waals surface area (Å²) in [6.07, 6.45) is 0.734. The molecule has 1 N–H and O–H groups in total. The van der Waals surface area contributed by atoms with Gasteiger partial charge in [-0.25, -0.2) is 4.98 Å². The molecule has 17 heavy (non-hydrogen) atoms. The van der Waals surface area contributed by atoms with Gasteiger partial charge in [-0.15, -0.1) is 0 Å². The van der Waals surface area contributed by atoms with Crippen molar-refractivity contribution in [2.75, 3.05) is 0 Å². The highest BCUT2D eigenvalue weighted by atomic mass is 32.1. The Hall–Kier alpha value is -1.79. The second kappa shape index (κ2) is 4.60. The van der Waals surface area contributed by atoms with E-state index in [2.05, 4.69) is 4.98 Å². The van der Waals surface area contributed by atoms with Crippen LogP contribution in [0.15, 0.2) is 30.5 Å². The molecule has 0 amide bonds. The van der Waals surface area contributed by atoms with Crippen molar-refractivity contribution in [1.29, 1.82) is 0 Å². The fourth-order valence-electron chi connectivity index (χ4n) is 1.39. The van der Waals surface area contributed by atoms with Gasteiger partial charge in [0.15, 0.2) is 0 Å². The lowest BCUT2D eigenvalue weighted by atomic mass is 10.1. The van der Waals surface area contributed by atoms with Gasteiger partial charge < -0.3 is 5.11 Å². The second-order valence-corrected chi connectivity index (χ2v) is 4.57. The van der Waals surface area contributed by atoms with Gasteiger partial charge in [-0.2, -0.15) is 0 Å². The maximum atomic E-state index is 10.5. The van der Waals surface area contributed by atoms with E-state index in [-0.39, 0.29) is 5.00 Å². The van der Waals surface area contributed by atoms with Crippen LogP contribution in [0.1, 0.15) is 18.6 Å². The molecule has 1 aromatic heterocycles. The molecule has 0 spiro atoms. The predicted molar refractivity (Wildman–Crippen MR) is 64.8 cm³/mol. The Kier molecular flexibility index (Phi) is 3.16. The first-order valence-corrected chi connectivity index (χ1v) is 5.78. The number of benzene rings is 1. The number of aliphatic hydroxyl groups excluding tert-OH is 1. The molecule has 0 fully saturated rings. The Morgan fingerprint density at radius 2 is 2.06 bits per heavy atom. The van der Waals surface area contributed by atoms with E-state index in [4.69, 9.17) is 0 Å². The van der Waals surface area contributed by atoms with Crippen LogP contribution < -0.4 is 0 Å². The highest BCUT2D eigenvalue weighted by Crippen LogP contribution is 2.30. The molecule has 6 heteroatoms. The zero-order chi connectivity index (χ0) is 12.4. The fraction of sp³-hybridized carbons (Fsp3) is 0.182. The monoisotopic (exact) mass is 250 g/mol. The van der Waals surface area contributed by atoms with Crippen LogP contribution in [0.5, 0.6) is 0 Å². The van der Waals surface area contributed by atoms with Crippen molar-refractivity contribution >= 4 is 16.3 Å². The summed E-state index contributed by atoms with van der Waals surface area (Å²) < 4.78 is 0. The number of nitrogens with zero attached hydrogens (tertiary/aromatic N) is 2. The number of aliphatic hydroxyl groups is 1. The zero-order valence-electron chi connectivity index (χ0n) is 9.03. The maximum Gasteiger partial charge on any atom is 0.344 e. The lowest BCUT2D eigenvalue weighted by Gasteiger charge is -2.04. The smallest absolute Gasteiger partial charge is 0.344 e. The van der Waals surface area contributed by atoms with Gasteiger partial charge in [0, 0.05) is 5.56 Å². The molecule has 0 radical (unpaired) electrons. The van der Waals surface area contributed by atoms with E-state index >= 15 is 0 Å². The zero-order valence-corrected chi connectivity index (χ0v) is 9.85. The van der Waals surface area contributed by atoms with Crippen molar-refractivity contribution in [3.63, 3.8) is 0 Å². The van der Waals surface area contributed by atoms with Crippen molar-refractivity contribution in [2.24, 2.45) is 0 Å². The first-order valence-electron chi connectivity index (χ1n) is 4.96. The average molecular weight is 250 g/mol. The van der Waals surface area contributed by atoms with E-state index in [1.54, 1.807) is 31.2 Å². The number of nitro groups is 1. The highest BCUT2D eigenvalue weighted by molar-refractivity contribution is 7.18. The summed E-state index contributed by atoms with van der Waals surface area (Å²) >= 11 is 1.04. The third kappa shape index (κ3) is 2.48. The second-order valence-electron chi connectivity index (χ2n) is 3.56. The van der Waals surface area contributed by atoms with Crippen molar-refractivity contribution in [1.82, 2.24) is 4.98 Å². The minimum atomic E-state index is -0.519. The molecule has 0 aliphatic rings. The molecule has 0 aliphatic carbocycles. The Morgan fingerprint density at radius 1 is 1.41 bits per heavy atom. The molecule has 1 unspecified atom stereocenters. The van der Waals surface area contributed by atoms with E-state index < -0.39 is 11.0 Å². The van der Waals surface area contributed by atoms with Gasteiger partial charge >= 0.3 is 5.00 Å². The molecule has 2 aromatic rings. The number of aromatic nitrogens is 1. The molecule has 0 saturated carbocycles. The molecule has 0 aliphatic heterocycles. The predicted octanol–water partition coefficient (Wildman–Crippen LogP) is 2.77. The molecule has 1 atom stereocenters. The Labute approximate surface area is 102 Å². The van der Waals surface area contributed by atoms with E-state index in [1.165, 1.54) is 6.20 Å². The summed E-state index contributed by atoms with van der Waals surface area (Å²) in [7, 11) is 0. The standard InChI is InChI=1S/C11H10N2O3S/c1-7(14)8-2-4-9(5-3-8)11-12-6-10(17-11)13(15)16/h2-7,14H,1H3. The van der Waals surface area contributed by atoms with E-state index in [0.29, 0.717) is 5.01 Å². The molecule has 1 aromatic carbocycles. The third-order valence-electron chi connectivity index (χ3n) is 2.31. The molecule has 1 heterocycles. The summed E-state index contributed by atoms with van der Waals surface area (Å²) in [6, 6.07) is 7.16. The van der Waals surface area contributed by atoms with E-state index in [0.717, 1.165) is 22.5 Å². The molecular weight excluding hydrogens is 240 g/mol. The summed E-state index contributed by atoms with van der Waals surface area (Å²) in [6.45, 7) is 1.68. The van der Waals surface area contributed by atoms with Gasteiger partial charge in [0.05, 0.1) is 11.0 Å². The van der Waals surface area contributed by atoms with Gasteiger partial charge in [0.2, 0.25) is 0 Å². The van der Waals surface area contributed by atoms with Crippen molar-refractivity contribution < 1.29 is 10.0 Å². The first-order chi connectivity index (χ1) is 8.08. The SMILES string of the molecule is CC(O)c1ccc(-c2ncc([N+](=O)[O-])s2)cc1. The highest BCUT2D eigenvalue weighted by Gasteiger charge is 2.12. The number of rotatable bonds is 3. The Morgan fingerprint density at radius 3 is 2.53 bits per heavy atom. The summed E-state index contributed by atoms with van der Waals surface area (Å²) in [4.78, 5) is 14.1.